The van der Waals surface area contributed by atoms with E-state index in [2.05, 4.69) is 0 Å². The van der Waals surface area contributed by atoms with Crippen molar-refractivity contribution in [1.82, 2.24) is 0 Å². The molecule has 0 atom stereocenters. The van der Waals surface area contributed by atoms with Gasteiger partial charge in [0.15, 0.2) is 4.90 Å². The number of nitro groups is 1. The van der Waals surface area contributed by atoms with Gasteiger partial charge in [0.05, 0.1) is 11.5 Å². The third-order valence-electron chi connectivity index (χ3n) is 1.77. The highest BCUT2D eigenvalue weighted by Crippen LogP contribution is 2.37. The summed E-state index contributed by atoms with van der Waals surface area (Å²) in [4.78, 5) is 8.75. The third kappa shape index (κ3) is 2.83. The maximum Gasteiger partial charge on any atom is 0.312 e. The van der Waals surface area contributed by atoms with Gasteiger partial charge in [-0.15, -0.1) is 0 Å². The molecule has 0 bridgehead atoms. The number of nitro benzene ring substituents is 1. The monoisotopic (exact) mass is 283 g/mol. The molecule has 0 fully saturated rings. The van der Waals surface area contributed by atoms with Crippen molar-refractivity contribution in [2.24, 2.45) is 0 Å². The zero-order chi connectivity index (χ0) is 13.2. The maximum atomic E-state index is 13.3. The van der Waals surface area contributed by atoms with E-state index in [4.69, 9.17) is 15.4 Å². The van der Waals surface area contributed by atoms with E-state index >= 15 is 0 Å². The second-order valence-electron chi connectivity index (χ2n) is 2.85. The highest BCUT2D eigenvalue weighted by Gasteiger charge is 2.30. The molecule has 0 aliphatic heterocycles. The van der Waals surface area contributed by atoms with Crippen LogP contribution in [-0.2, 0) is 9.05 Å². The summed E-state index contributed by atoms with van der Waals surface area (Å²) in [6.45, 7) is 1.41. The largest absolute Gasteiger partial charge is 0.486 e. The third-order valence-corrected chi connectivity index (χ3v) is 3.10. The number of hydrogen-bond acceptors (Lipinski definition) is 5. The van der Waals surface area contributed by atoms with Crippen LogP contribution in [0.3, 0.4) is 0 Å². The van der Waals surface area contributed by atoms with E-state index in [1.807, 2.05) is 0 Å². The van der Waals surface area contributed by atoms with Crippen molar-refractivity contribution in [3.05, 3.63) is 28.1 Å². The Morgan fingerprint density at radius 1 is 1.53 bits per heavy atom. The van der Waals surface area contributed by atoms with E-state index in [9.17, 15) is 22.9 Å². The van der Waals surface area contributed by atoms with Crippen molar-refractivity contribution < 1.29 is 22.5 Å². The summed E-state index contributed by atoms with van der Waals surface area (Å²) in [6, 6.07) is 1.46. The minimum Gasteiger partial charge on any atom is -0.486 e. The summed E-state index contributed by atoms with van der Waals surface area (Å²) >= 11 is 0. The van der Waals surface area contributed by atoms with E-state index in [0.717, 1.165) is 6.07 Å². The lowest BCUT2D eigenvalue weighted by Gasteiger charge is -2.08. The molecule has 0 saturated heterocycles. The predicted molar refractivity (Wildman–Crippen MR) is 57.3 cm³/mol. The molecule has 0 aliphatic carbocycles. The van der Waals surface area contributed by atoms with E-state index in [1.54, 1.807) is 0 Å². The van der Waals surface area contributed by atoms with Crippen LogP contribution in [0.4, 0.5) is 10.1 Å². The average molecular weight is 284 g/mol. The van der Waals surface area contributed by atoms with Crippen LogP contribution in [0.15, 0.2) is 17.0 Å². The van der Waals surface area contributed by atoms with Crippen LogP contribution in [0.5, 0.6) is 5.75 Å². The molecule has 9 heteroatoms. The fourth-order valence-electron chi connectivity index (χ4n) is 1.18. The molecule has 0 amide bonds. The van der Waals surface area contributed by atoms with Gasteiger partial charge in [-0.25, -0.2) is 12.8 Å². The predicted octanol–water partition coefficient (Wildman–Crippen LogP) is 2.06. The summed E-state index contributed by atoms with van der Waals surface area (Å²) < 4.78 is 40.4. The van der Waals surface area contributed by atoms with Crippen molar-refractivity contribution in [2.45, 2.75) is 11.8 Å². The van der Waals surface area contributed by atoms with Gasteiger partial charge in [-0.05, 0) is 13.0 Å². The Balaban J connectivity index is 3.66. The Morgan fingerprint density at radius 2 is 2.12 bits per heavy atom. The standard InChI is InChI=1S/C8H7ClFNO5S/c1-2-16-7-6(11(12)13)4-3-5(10)8(7)17(9,14)15/h3-4H,2H2,1H3. The van der Waals surface area contributed by atoms with E-state index < -0.39 is 36.1 Å². The fraction of sp³-hybridized carbons (Fsp3) is 0.250. The van der Waals surface area contributed by atoms with Crippen LogP contribution in [0, 0.1) is 15.9 Å². The van der Waals surface area contributed by atoms with Crippen molar-refractivity contribution in [1.29, 1.82) is 0 Å². The summed E-state index contributed by atoms with van der Waals surface area (Å²) in [7, 11) is 0.536. The molecule has 0 aromatic heterocycles. The van der Waals surface area contributed by atoms with Crippen molar-refractivity contribution >= 4 is 25.4 Å². The molecule has 0 saturated carbocycles. The van der Waals surface area contributed by atoms with Crippen LogP contribution in [0.2, 0.25) is 0 Å². The Morgan fingerprint density at radius 3 is 2.53 bits per heavy atom. The second-order valence-corrected chi connectivity index (χ2v) is 5.36. The van der Waals surface area contributed by atoms with E-state index in [-0.39, 0.29) is 6.61 Å². The first-order chi connectivity index (χ1) is 7.79. The molecule has 17 heavy (non-hydrogen) atoms. The molecular weight excluding hydrogens is 277 g/mol. The lowest BCUT2D eigenvalue weighted by atomic mass is 10.3. The number of halogens is 2. The highest BCUT2D eigenvalue weighted by atomic mass is 35.7. The van der Waals surface area contributed by atoms with Crippen LogP contribution < -0.4 is 4.74 Å². The lowest BCUT2D eigenvalue weighted by Crippen LogP contribution is -2.05. The molecule has 0 N–H and O–H groups in total. The Bertz CT molecular complexity index is 559. The zero-order valence-corrected chi connectivity index (χ0v) is 10.1. The van der Waals surface area contributed by atoms with Gasteiger partial charge in [0.1, 0.15) is 5.82 Å². The lowest BCUT2D eigenvalue weighted by molar-refractivity contribution is -0.386. The SMILES string of the molecule is CCOc1c([N+](=O)[O-])ccc(F)c1S(=O)(=O)Cl. The Hall–Kier alpha value is -1.41. The number of rotatable bonds is 4. The van der Waals surface area contributed by atoms with Crippen molar-refractivity contribution in [3.8, 4) is 5.75 Å². The van der Waals surface area contributed by atoms with E-state index in [1.165, 1.54) is 6.92 Å². The van der Waals surface area contributed by atoms with E-state index in [0.29, 0.717) is 6.07 Å². The van der Waals surface area contributed by atoms with Gasteiger partial charge in [0.25, 0.3) is 9.05 Å². The summed E-state index contributed by atoms with van der Waals surface area (Å²) in [5.41, 5.74) is -0.660. The van der Waals surface area contributed by atoms with Crippen molar-refractivity contribution in [3.63, 3.8) is 0 Å². The Labute approximate surface area is 101 Å². The minimum atomic E-state index is -4.47. The topological polar surface area (TPSA) is 86.5 Å². The number of ether oxygens (including phenoxy) is 1. The summed E-state index contributed by atoms with van der Waals surface area (Å²) in [6.07, 6.45) is 0. The minimum absolute atomic E-state index is 0.0658. The molecule has 0 radical (unpaired) electrons. The number of benzene rings is 1. The molecule has 0 heterocycles. The highest BCUT2D eigenvalue weighted by molar-refractivity contribution is 8.13. The number of hydrogen-bond donors (Lipinski definition) is 0. The average Bonchev–Trinajstić information content (AvgIpc) is 2.15. The quantitative estimate of drug-likeness (QED) is 0.479. The van der Waals surface area contributed by atoms with Gasteiger partial charge in [0, 0.05) is 16.7 Å². The molecule has 0 unspecified atom stereocenters. The summed E-state index contributed by atoms with van der Waals surface area (Å²) in [5.74, 6) is -1.89. The van der Waals surface area contributed by atoms with Gasteiger partial charge in [-0.2, -0.15) is 0 Å². The molecule has 94 valence electrons. The van der Waals surface area contributed by atoms with Crippen LogP contribution in [0.1, 0.15) is 6.92 Å². The van der Waals surface area contributed by atoms with Crippen LogP contribution >= 0.6 is 10.7 Å². The molecule has 1 aromatic carbocycles. The molecule has 0 spiro atoms. The normalized spacial score (nSPS) is 11.2. The fourth-order valence-corrected chi connectivity index (χ4v) is 2.30. The van der Waals surface area contributed by atoms with Crippen LogP contribution in [0.25, 0.3) is 0 Å². The summed E-state index contributed by atoms with van der Waals surface area (Å²) in [5, 5.41) is 10.7. The first kappa shape index (κ1) is 13.7. The maximum absolute atomic E-state index is 13.3. The first-order valence-electron chi connectivity index (χ1n) is 4.33. The number of nitrogens with zero attached hydrogens (tertiary/aromatic N) is 1. The van der Waals surface area contributed by atoms with Gasteiger partial charge in [0.2, 0.25) is 5.75 Å². The molecule has 1 rings (SSSR count). The van der Waals surface area contributed by atoms with Crippen LogP contribution in [-0.4, -0.2) is 19.9 Å². The Kier molecular flexibility index (Phi) is 3.89. The molecule has 6 nitrogen and oxygen atoms in total. The second kappa shape index (κ2) is 4.84. The first-order valence-corrected chi connectivity index (χ1v) is 6.64. The smallest absolute Gasteiger partial charge is 0.312 e. The van der Waals surface area contributed by atoms with Gasteiger partial charge >= 0.3 is 5.69 Å². The van der Waals surface area contributed by atoms with Gasteiger partial charge in [-0.1, -0.05) is 0 Å². The van der Waals surface area contributed by atoms with Crippen molar-refractivity contribution in [2.75, 3.05) is 6.61 Å². The zero-order valence-electron chi connectivity index (χ0n) is 8.51. The molecule has 0 aliphatic rings. The van der Waals surface area contributed by atoms with Gasteiger partial charge in [-0.3, -0.25) is 10.1 Å². The van der Waals surface area contributed by atoms with Gasteiger partial charge < -0.3 is 4.74 Å². The molecule has 1 aromatic rings. The molecular formula is C8H7ClFNO5S.